The molecule has 1 aromatic rings. The molecule has 21 heavy (non-hydrogen) atoms. The zero-order valence-corrected chi connectivity index (χ0v) is 12.1. The number of alkyl halides is 3. The first-order valence-corrected chi connectivity index (χ1v) is 6.81. The Kier molecular flexibility index (Phi) is 6.20. The Hall–Kier alpha value is -1.56. The Morgan fingerprint density at radius 1 is 1.29 bits per heavy atom. The third kappa shape index (κ3) is 6.16. The third-order valence-corrected chi connectivity index (χ3v) is 3.03. The Balaban J connectivity index is 2.87. The number of rotatable bonds is 7. The van der Waals surface area contributed by atoms with E-state index in [0.29, 0.717) is 12.5 Å². The van der Waals surface area contributed by atoms with Crippen molar-refractivity contribution in [3.63, 3.8) is 0 Å². The molecule has 1 aromatic carbocycles. The van der Waals surface area contributed by atoms with E-state index in [1.54, 1.807) is 0 Å². The molecule has 0 aliphatic carbocycles. The molecule has 0 saturated heterocycles. The first-order valence-electron chi connectivity index (χ1n) is 6.81. The fraction of sp³-hybridized carbons (Fsp3) is 0.533. The maximum atomic E-state index is 12.3. The molecular weight excluding hydrogens is 283 g/mol. The quantitative estimate of drug-likeness (QED) is 0.780. The summed E-state index contributed by atoms with van der Waals surface area (Å²) in [6.07, 6.45) is -3.95. The van der Waals surface area contributed by atoms with Crippen LogP contribution in [0.1, 0.15) is 37.0 Å². The van der Waals surface area contributed by atoms with Crippen molar-refractivity contribution >= 4 is 5.78 Å². The van der Waals surface area contributed by atoms with Gasteiger partial charge in [0, 0.05) is 6.42 Å². The van der Waals surface area contributed by atoms with Gasteiger partial charge in [-0.2, -0.15) is 0 Å². The van der Waals surface area contributed by atoms with Crippen molar-refractivity contribution in [3.8, 4) is 5.75 Å². The van der Waals surface area contributed by atoms with Crippen molar-refractivity contribution in [1.29, 1.82) is 0 Å². The van der Waals surface area contributed by atoms with Crippen LogP contribution in [0.4, 0.5) is 13.2 Å². The second kappa shape index (κ2) is 7.45. The van der Waals surface area contributed by atoms with Gasteiger partial charge in [0.25, 0.3) is 0 Å². The molecule has 0 aliphatic rings. The number of benzene rings is 1. The van der Waals surface area contributed by atoms with E-state index >= 15 is 0 Å². The summed E-state index contributed by atoms with van der Waals surface area (Å²) in [4.78, 5) is 12.2. The molecule has 1 rings (SSSR count). The van der Waals surface area contributed by atoms with Gasteiger partial charge in [-0.05, 0) is 36.9 Å². The molecule has 0 aromatic heterocycles. The van der Waals surface area contributed by atoms with Crippen LogP contribution in [0.5, 0.6) is 5.75 Å². The Morgan fingerprint density at radius 3 is 2.43 bits per heavy atom. The van der Waals surface area contributed by atoms with E-state index in [0.717, 1.165) is 12.5 Å². The van der Waals surface area contributed by atoms with E-state index in [9.17, 15) is 18.0 Å². The highest BCUT2D eigenvalue weighted by Gasteiger charge is 2.33. The van der Waals surface area contributed by atoms with Gasteiger partial charge < -0.3 is 10.5 Å². The van der Waals surface area contributed by atoms with Crippen molar-refractivity contribution in [3.05, 3.63) is 29.8 Å². The molecule has 0 fully saturated rings. The van der Waals surface area contributed by atoms with Gasteiger partial charge >= 0.3 is 6.36 Å². The molecule has 0 heterocycles. The standard InChI is InChI=1S/C15H20F3NO2/c1-10(2)7-11(9-19)8-13(20)12-5-3-4-6-14(12)21-15(16,17)18/h3-6,10-11H,7-9,19H2,1-2H3. The predicted octanol–water partition coefficient (Wildman–Crippen LogP) is 3.78. The Bertz CT molecular complexity index is 472. The lowest BCUT2D eigenvalue weighted by atomic mass is 9.90. The van der Waals surface area contributed by atoms with Gasteiger partial charge in [-0.15, -0.1) is 13.2 Å². The predicted molar refractivity (Wildman–Crippen MR) is 74.1 cm³/mol. The number of nitrogens with two attached hydrogens (primary N) is 1. The smallest absolute Gasteiger partial charge is 0.405 e. The number of Topliss-reactive ketones (excluding diaryl/α,β-unsaturated/α-hetero) is 1. The van der Waals surface area contributed by atoms with Crippen LogP contribution in [-0.2, 0) is 0 Å². The number of carbonyl (C=O) groups excluding carboxylic acids is 1. The number of halogens is 3. The number of ether oxygens (including phenoxy) is 1. The fourth-order valence-electron chi connectivity index (χ4n) is 2.21. The molecule has 0 bridgehead atoms. The normalized spacial score (nSPS) is 13.3. The first-order chi connectivity index (χ1) is 9.73. The minimum absolute atomic E-state index is 0.0450. The molecule has 0 aliphatic heterocycles. The highest BCUT2D eigenvalue weighted by atomic mass is 19.4. The second-order valence-electron chi connectivity index (χ2n) is 5.40. The van der Waals surface area contributed by atoms with Gasteiger partial charge in [-0.25, -0.2) is 0 Å². The Morgan fingerprint density at radius 2 is 1.90 bits per heavy atom. The number of hydrogen-bond donors (Lipinski definition) is 1. The van der Waals surface area contributed by atoms with Gasteiger partial charge in [0.15, 0.2) is 5.78 Å². The molecule has 0 spiro atoms. The van der Waals surface area contributed by atoms with Crippen LogP contribution in [0.2, 0.25) is 0 Å². The highest BCUT2D eigenvalue weighted by Crippen LogP contribution is 2.28. The van der Waals surface area contributed by atoms with Gasteiger partial charge in [0.2, 0.25) is 0 Å². The monoisotopic (exact) mass is 303 g/mol. The van der Waals surface area contributed by atoms with Crippen molar-refractivity contribution in [2.45, 2.75) is 33.1 Å². The van der Waals surface area contributed by atoms with Crippen LogP contribution in [0.25, 0.3) is 0 Å². The molecule has 6 heteroatoms. The first kappa shape index (κ1) is 17.5. The number of para-hydroxylation sites is 1. The topological polar surface area (TPSA) is 52.3 Å². The lowest BCUT2D eigenvalue weighted by Crippen LogP contribution is -2.22. The number of ketones is 1. The summed E-state index contributed by atoms with van der Waals surface area (Å²) in [5.74, 6) is -0.522. The highest BCUT2D eigenvalue weighted by molar-refractivity contribution is 5.98. The fourth-order valence-corrected chi connectivity index (χ4v) is 2.21. The SMILES string of the molecule is CC(C)CC(CN)CC(=O)c1ccccc1OC(F)(F)F. The average molecular weight is 303 g/mol. The minimum atomic E-state index is -4.82. The molecule has 118 valence electrons. The van der Waals surface area contributed by atoms with Crippen LogP contribution in [-0.4, -0.2) is 18.7 Å². The van der Waals surface area contributed by atoms with Crippen LogP contribution >= 0.6 is 0 Å². The van der Waals surface area contributed by atoms with E-state index < -0.39 is 12.1 Å². The molecule has 2 N–H and O–H groups in total. The van der Waals surface area contributed by atoms with Gasteiger partial charge in [0.1, 0.15) is 5.75 Å². The van der Waals surface area contributed by atoms with E-state index in [-0.39, 0.29) is 23.7 Å². The van der Waals surface area contributed by atoms with Crippen molar-refractivity contribution in [1.82, 2.24) is 0 Å². The van der Waals surface area contributed by atoms with Crippen molar-refractivity contribution < 1.29 is 22.7 Å². The average Bonchev–Trinajstić information content (AvgIpc) is 2.35. The lowest BCUT2D eigenvalue weighted by molar-refractivity contribution is -0.274. The lowest BCUT2D eigenvalue weighted by Gasteiger charge is -2.17. The molecular formula is C15H20F3NO2. The molecule has 1 unspecified atom stereocenters. The summed E-state index contributed by atoms with van der Waals surface area (Å²) >= 11 is 0. The van der Waals surface area contributed by atoms with Gasteiger partial charge in [-0.1, -0.05) is 26.0 Å². The zero-order chi connectivity index (χ0) is 16.0. The van der Waals surface area contributed by atoms with Crippen LogP contribution in [0, 0.1) is 11.8 Å². The van der Waals surface area contributed by atoms with Crippen LogP contribution < -0.4 is 10.5 Å². The number of hydrogen-bond acceptors (Lipinski definition) is 3. The maximum Gasteiger partial charge on any atom is 0.573 e. The van der Waals surface area contributed by atoms with E-state index in [4.69, 9.17) is 5.73 Å². The van der Waals surface area contributed by atoms with Crippen LogP contribution in [0.3, 0.4) is 0 Å². The maximum absolute atomic E-state index is 12.3. The summed E-state index contributed by atoms with van der Waals surface area (Å²) in [7, 11) is 0. The van der Waals surface area contributed by atoms with E-state index in [1.165, 1.54) is 18.2 Å². The minimum Gasteiger partial charge on any atom is -0.405 e. The molecule has 0 amide bonds. The molecule has 0 radical (unpaired) electrons. The third-order valence-electron chi connectivity index (χ3n) is 3.03. The summed E-state index contributed by atoms with van der Waals surface area (Å²) in [5.41, 5.74) is 5.57. The second-order valence-corrected chi connectivity index (χ2v) is 5.40. The van der Waals surface area contributed by atoms with Gasteiger partial charge in [0.05, 0.1) is 5.56 Å². The summed E-state index contributed by atoms with van der Waals surface area (Å²) in [5, 5.41) is 0. The van der Waals surface area contributed by atoms with Crippen molar-refractivity contribution in [2.75, 3.05) is 6.54 Å². The molecule has 1 atom stereocenters. The largest absolute Gasteiger partial charge is 0.573 e. The molecule has 0 saturated carbocycles. The zero-order valence-electron chi connectivity index (χ0n) is 12.1. The van der Waals surface area contributed by atoms with Gasteiger partial charge in [-0.3, -0.25) is 4.79 Å². The Labute approximate surface area is 122 Å². The van der Waals surface area contributed by atoms with E-state index in [1.807, 2.05) is 13.8 Å². The summed E-state index contributed by atoms with van der Waals surface area (Å²) < 4.78 is 40.9. The molecule has 3 nitrogen and oxygen atoms in total. The summed E-state index contributed by atoms with van der Waals surface area (Å²) in [6, 6.07) is 5.38. The summed E-state index contributed by atoms with van der Waals surface area (Å²) in [6.45, 7) is 4.34. The number of carbonyl (C=O) groups is 1. The van der Waals surface area contributed by atoms with Crippen LogP contribution in [0.15, 0.2) is 24.3 Å². The van der Waals surface area contributed by atoms with Crippen molar-refractivity contribution in [2.24, 2.45) is 17.6 Å². The van der Waals surface area contributed by atoms with E-state index in [2.05, 4.69) is 4.74 Å².